The van der Waals surface area contributed by atoms with Crippen LogP contribution in [0.1, 0.15) is 21.6 Å². The third kappa shape index (κ3) is 3.09. The van der Waals surface area contributed by atoms with Gasteiger partial charge in [-0.1, -0.05) is 12.1 Å². The molecule has 0 atom stereocenters. The number of rotatable bonds is 4. The van der Waals surface area contributed by atoms with E-state index in [9.17, 15) is 4.79 Å². The molecular formula is C14H12N4O2. The smallest absolute Gasteiger partial charge is 0.335 e. The number of aromatic nitrogens is 2. The zero-order chi connectivity index (χ0) is 14.5. The summed E-state index contributed by atoms with van der Waals surface area (Å²) >= 11 is 0. The first-order chi connectivity index (χ1) is 9.60. The predicted octanol–water partition coefficient (Wildman–Crippen LogP) is 1.68. The summed E-state index contributed by atoms with van der Waals surface area (Å²) in [6.45, 7) is 0.570. The van der Waals surface area contributed by atoms with E-state index in [0.29, 0.717) is 12.4 Å². The fourth-order valence-corrected chi connectivity index (χ4v) is 1.68. The van der Waals surface area contributed by atoms with E-state index in [-0.39, 0.29) is 11.3 Å². The molecule has 1 aromatic heterocycles. The summed E-state index contributed by atoms with van der Waals surface area (Å²) in [5.41, 5.74) is 1.49. The molecule has 0 fully saturated rings. The molecule has 0 spiro atoms. The minimum Gasteiger partial charge on any atom is -0.478 e. The lowest BCUT2D eigenvalue weighted by molar-refractivity contribution is 0.0697. The lowest BCUT2D eigenvalue weighted by Gasteiger charge is -2.17. The summed E-state index contributed by atoms with van der Waals surface area (Å²) < 4.78 is 0. The maximum Gasteiger partial charge on any atom is 0.335 e. The van der Waals surface area contributed by atoms with Gasteiger partial charge in [0.2, 0.25) is 0 Å². The first-order valence-corrected chi connectivity index (χ1v) is 5.85. The van der Waals surface area contributed by atoms with Crippen molar-refractivity contribution in [2.45, 2.75) is 6.54 Å². The monoisotopic (exact) mass is 268 g/mol. The van der Waals surface area contributed by atoms with E-state index in [2.05, 4.69) is 9.97 Å². The first-order valence-electron chi connectivity index (χ1n) is 5.85. The Morgan fingerprint density at radius 2 is 2.00 bits per heavy atom. The number of carbonyl (C=O) groups is 1. The van der Waals surface area contributed by atoms with E-state index >= 15 is 0 Å². The Labute approximate surface area is 115 Å². The number of hydrogen-bond acceptors (Lipinski definition) is 5. The summed E-state index contributed by atoms with van der Waals surface area (Å²) in [5.74, 6) is -0.297. The van der Waals surface area contributed by atoms with Crippen LogP contribution in [0.15, 0.2) is 36.7 Å². The van der Waals surface area contributed by atoms with Crippen LogP contribution in [0.25, 0.3) is 0 Å². The molecule has 6 nitrogen and oxygen atoms in total. The van der Waals surface area contributed by atoms with Crippen LogP contribution >= 0.6 is 0 Å². The summed E-state index contributed by atoms with van der Waals surface area (Å²) in [7, 11) is 1.85. The van der Waals surface area contributed by atoms with Crippen LogP contribution in [0.3, 0.4) is 0 Å². The second-order valence-electron chi connectivity index (χ2n) is 4.23. The van der Waals surface area contributed by atoms with Crippen molar-refractivity contribution in [3.8, 4) is 6.07 Å². The van der Waals surface area contributed by atoms with Gasteiger partial charge in [0.15, 0.2) is 5.69 Å². The van der Waals surface area contributed by atoms with Gasteiger partial charge in [-0.25, -0.2) is 14.8 Å². The molecule has 0 saturated carbocycles. The number of aromatic carboxylic acids is 1. The summed E-state index contributed by atoms with van der Waals surface area (Å²) in [6.07, 6.45) is 2.95. The van der Waals surface area contributed by atoms with Gasteiger partial charge in [-0.15, -0.1) is 0 Å². The molecule has 0 unspecified atom stereocenters. The van der Waals surface area contributed by atoms with Gasteiger partial charge in [-0.2, -0.15) is 5.26 Å². The molecular weight excluding hydrogens is 256 g/mol. The summed E-state index contributed by atoms with van der Waals surface area (Å²) in [6, 6.07) is 8.56. The van der Waals surface area contributed by atoms with Gasteiger partial charge in [-0.3, -0.25) is 0 Å². The van der Waals surface area contributed by atoms with Crippen LogP contribution in [0.4, 0.5) is 5.82 Å². The van der Waals surface area contributed by atoms with Gasteiger partial charge >= 0.3 is 5.97 Å². The van der Waals surface area contributed by atoms with E-state index < -0.39 is 5.97 Å². The lowest BCUT2D eigenvalue weighted by Crippen LogP contribution is -2.18. The van der Waals surface area contributed by atoms with Gasteiger partial charge in [0, 0.05) is 13.6 Å². The SMILES string of the molecule is CN(Cc1ccc(C(=O)O)cc1)c1cnc(C#N)cn1. The second kappa shape index (κ2) is 5.80. The molecule has 20 heavy (non-hydrogen) atoms. The lowest BCUT2D eigenvalue weighted by atomic mass is 10.1. The van der Waals surface area contributed by atoms with Gasteiger partial charge in [-0.05, 0) is 17.7 Å². The van der Waals surface area contributed by atoms with Gasteiger partial charge in [0.25, 0.3) is 0 Å². The number of anilines is 1. The number of hydrogen-bond donors (Lipinski definition) is 1. The van der Waals surface area contributed by atoms with E-state index in [0.717, 1.165) is 5.56 Å². The molecule has 0 saturated heterocycles. The first kappa shape index (κ1) is 13.5. The Morgan fingerprint density at radius 1 is 1.30 bits per heavy atom. The highest BCUT2D eigenvalue weighted by molar-refractivity contribution is 5.87. The van der Waals surface area contributed by atoms with Crippen molar-refractivity contribution in [1.29, 1.82) is 5.26 Å². The van der Waals surface area contributed by atoms with Crippen LogP contribution in [-0.4, -0.2) is 28.1 Å². The van der Waals surface area contributed by atoms with E-state index in [1.54, 1.807) is 24.3 Å². The van der Waals surface area contributed by atoms with Crippen molar-refractivity contribution in [2.24, 2.45) is 0 Å². The molecule has 0 radical (unpaired) electrons. The average Bonchev–Trinajstić information content (AvgIpc) is 2.48. The number of carboxylic acids is 1. The normalized spacial score (nSPS) is 9.80. The van der Waals surface area contributed by atoms with Crippen molar-refractivity contribution in [1.82, 2.24) is 9.97 Å². The number of carboxylic acid groups (broad SMARTS) is 1. The highest BCUT2D eigenvalue weighted by Gasteiger charge is 2.06. The van der Waals surface area contributed by atoms with Crippen LogP contribution in [0.2, 0.25) is 0 Å². The zero-order valence-electron chi connectivity index (χ0n) is 10.8. The fourth-order valence-electron chi connectivity index (χ4n) is 1.68. The van der Waals surface area contributed by atoms with Crippen LogP contribution in [0, 0.1) is 11.3 Å². The number of nitriles is 1. The van der Waals surface area contributed by atoms with Gasteiger partial charge < -0.3 is 10.0 Å². The van der Waals surface area contributed by atoms with E-state index in [4.69, 9.17) is 10.4 Å². The molecule has 6 heteroatoms. The van der Waals surface area contributed by atoms with Crippen LogP contribution < -0.4 is 4.90 Å². The molecule has 100 valence electrons. The Hall–Kier alpha value is -2.94. The largest absolute Gasteiger partial charge is 0.478 e. The molecule has 2 rings (SSSR count). The molecule has 2 aromatic rings. The number of benzene rings is 1. The van der Waals surface area contributed by atoms with E-state index in [1.165, 1.54) is 12.4 Å². The zero-order valence-corrected chi connectivity index (χ0v) is 10.8. The Kier molecular flexibility index (Phi) is 3.91. The standard InChI is InChI=1S/C14H12N4O2/c1-18(13-8-16-12(6-15)7-17-13)9-10-2-4-11(5-3-10)14(19)20/h2-5,7-8H,9H2,1H3,(H,19,20). The quantitative estimate of drug-likeness (QED) is 0.907. The van der Waals surface area contributed by atoms with Gasteiger partial charge in [0.05, 0.1) is 18.0 Å². The molecule has 0 aliphatic carbocycles. The van der Waals surface area contributed by atoms with Crippen molar-refractivity contribution in [3.05, 3.63) is 53.5 Å². The molecule has 0 aliphatic rings. The minimum atomic E-state index is -0.942. The maximum atomic E-state index is 10.8. The van der Waals surface area contributed by atoms with Crippen molar-refractivity contribution in [2.75, 3.05) is 11.9 Å². The highest BCUT2D eigenvalue weighted by Crippen LogP contribution is 2.12. The topological polar surface area (TPSA) is 90.1 Å². The second-order valence-corrected chi connectivity index (χ2v) is 4.23. The molecule has 1 aromatic carbocycles. The Balaban J connectivity index is 2.08. The minimum absolute atomic E-state index is 0.259. The molecule has 0 bridgehead atoms. The Bertz CT molecular complexity index is 644. The van der Waals surface area contributed by atoms with Crippen LogP contribution in [0.5, 0.6) is 0 Å². The fraction of sp³-hybridized carbons (Fsp3) is 0.143. The third-order valence-corrected chi connectivity index (χ3v) is 2.76. The summed E-state index contributed by atoms with van der Waals surface area (Å²) in [4.78, 5) is 20.7. The van der Waals surface area contributed by atoms with E-state index in [1.807, 2.05) is 18.0 Å². The van der Waals surface area contributed by atoms with Crippen molar-refractivity contribution in [3.63, 3.8) is 0 Å². The van der Waals surface area contributed by atoms with Gasteiger partial charge in [0.1, 0.15) is 11.9 Å². The Morgan fingerprint density at radius 3 is 2.50 bits per heavy atom. The number of nitrogens with zero attached hydrogens (tertiary/aromatic N) is 4. The van der Waals surface area contributed by atoms with Crippen LogP contribution in [-0.2, 0) is 6.54 Å². The van der Waals surface area contributed by atoms with Crippen molar-refractivity contribution < 1.29 is 9.90 Å². The molecule has 0 aliphatic heterocycles. The highest BCUT2D eigenvalue weighted by atomic mass is 16.4. The third-order valence-electron chi connectivity index (χ3n) is 2.76. The molecule has 1 heterocycles. The summed E-state index contributed by atoms with van der Waals surface area (Å²) in [5, 5.41) is 17.5. The maximum absolute atomic E-state index is 10.8. The van der Waals surface area contributed by atoms with Crippen molar-refractivity contribution >= 4 is 11.8 Å². The molecule has 1 N–H and O–H groups in total. The average molecular weight is 268 g/mol. The molecule has 0 amide bonds. The predicted molar refractivity (Wildman–Crippen MR) is 72.3 cm³/mol.